The highest BCUT2D eigenvalue weighted by Crippen LogP contribution is 2.24. The van der Waals surface area contributed by atoms with Gasteiger partial charge in [0, 0.05) is 49.7 Å². The van der Waals surface area contributed by atoms with Crippen LogP contribution in [0.15, 0.2) is 35.7 Å². The molecule has 1 saturated heterocycles. The SMILES string of the molecule is O=C(CN1CCc2sccc2C1)N1CCN(C(=O)c2cccc(F)c2)CC1. The summed E-state index contributed by atoms with van der Waals surface area (Å²) in [6.07, 6.45) is 1.01. The van der Waals surface area contributed by atoms with Gasteiger partial charge in [0.05, 0.1) is 6.54 Å². The zero-order valence-corrected chi connectivity index (χ0v) is 15.9. The minimum atomic E-state index is -0.412. The van der Waals surface area contributed by atoms with Gasteiger partial charge in [-0.2, -0.15) is 0 Å². The monoisotopic (exact) mass is 387 g/mol. The van der Waals surface area contributed by atoms with Gasteiger partial charge in [-0.25, -0.2) is 4.39 Å². The lowest BCUT2D eigenvalue weighted by molar-refractivity contribution is -0.134. The molecule has 0 radical (unpaired) electrons. The first-order valence-electron chi connectivity index (χ1n) is 9.20. The summed E-state index contributed by atoms with van der Waals surface area (Å²) in [5, 5.41) is 2.12. The number of amides is 2. The van der Waals surface area contributed by atoms with Crippen molar-refractivity contribution >= 4 is 23.2 Å². The minimum Gasteiger partial charge on any atom is -0.338 e. The molecular weight excluding hydrogens is 365 g/mol. The summed E-state index contributed by atoms with van der Waals surface area (Å²) < 4.78 is 13.3. The van der Waals surface area contributed by atoms with Crippen molar-refractivity contribution in [3.8, 4) is 0 Å². The smallest absolute Gasteiger partial charge is 0.254 e. The average Bonchev–Trinajstić information content (AvgIpc) is 3.15. The van der Waals surface area contributed by atoms with Crippen molar-refractivity contribution in [2.45, 2.75) is 13.0 Å². The molecule has 0 aliphatic carbocycles. The molecule has 0 bridgehead atoms. The number of fused-ring (bicyclic) bond motifs is 1. The van der Waals surface area contributed by atoms with Crippen LogP contribution < -0.4 is 0 Å². The zero-order chi connectivity index (χ0) is 18.8. The van der Waals surface area contributed by atoms with Gasteiger partial charge in [-0.15, -0.1) is 11.3 Å². The number of hydrogen-bond donors (Lipinski definition) is 0. The van der Waals surface area contributed by atoms with Crippen molar-refractivity contribution in [3.63, 3.8) is 0 Å². The highest BCUT2D eigenvalue weighted by atomic mass is 32.1. The molecule has 2 amide bonds. The fraction of sp³-hybridized carbons (Fsp3) is 0.400. The number of carbonyl (C=O) groups excluding carboxylic acids is 2. The number of thiophene rings is 1. The fourth-order valence-corrected chi connectivity index (χ4v) is 4.59. The number of nitrogens with zero attached hydrogens (tertiary/aromatic N) is 3. The van der Waals surface area contributed by atoms with Gasteiger partial charge in [0.15, 0.2) is 0 Å². The first kappa shape index (κ1) is 18.1. The van der Waals surface area contributed by atoms with Crippen LogP contribution in [0.4, 0.5) is 4.39 Å². The molecule has 1 aromatic heterocycles. The third kappa shape index (κ3) is 4.04. The molecule has 2 aliphatic heterocycles. The van der Waals surface area contributed by atoms with E-state index in [1.807, 2.05) is 4.90 Å². The molecule has 0 atom stereocenters. The van der Waals surface area contributed by atoms with Crippen molar-refractivity contribution in [2.24, 2.45) is 0 Å². The molecule has 0 spiro atoms. The number of piperazine rings is 1. The predicted molar refractivity (Wildman–Crippen MR) is 102 cm³/mol. The van der Waals surface area contributed by atoms with Gasteiger partial charge < -0.3 is 9.80 Å². The third-order valence-electron chi connectivity index (χ3n) is 5.24. The number of carbonyl (C=O) groups is 2. The van der Waals surface area contributed by atoms with Crippen LogP contribution >= 0.6 is 11.3 Å². The predicted octanol–water partition coefficient (Wildman–Crippen LogP) is 2.23. The highest BCUT2D eigenvalue weighted by molar-refractivity contribution is 7.10. The molecule has 2 aliphatic rings. The van der Waals surface area contributed by atoms with Gasteiger partial charge in [0.1, 0.15) is 5.82 Å². The Hall–Kier alpha value is -2.25. The van der Waals surface area contributed by atoms with Gasteiger partial charge in [-0.3, -0.25) is 14.5 Å². The van der Waals surface area contributed by atoms with E-state index in [9.17, 15) is 14.0 Å². The Morgan fingerprint density at radius 2 is 1.81 bits per heavy atom. The van der Waals surface area contributed by atoms with Crippen LogP contribution in [0.2, 0.25) is 0 Å². The number of benzene rings is 1. The second-order valence-electron chi connectivity index (χ2n) is 7.01. The quantitative estimate of drug-likeness (QED) is 0.811. The lowest BCUT2D eigenvalue weighted by Gasteiger charge is -2.36. The van der Waals surface area contributed by atoms with E-state index in [1.54, 1.807) is 28.4 Å². The van der Waals surface area contributed by atoms with Crippen LogP contribution in [0.1, 0.15) is 20.8 Å². The van der Waals surface area contributed by atoms with E-state index >= 15 is 0 Å². The Balaban J connectivity index is 1.29. The molecule has 0 saturated carbocycles. The topological polar surface area (TPSA) is 43.9 Å². The van der Waals surface area contributed by atoms with Crippen LogP contribution in [0.5, 0.6) is 0 Å². The van der Waals surface area contributed by atoms with Crippen LogP contribution in [0, 0.1) is 5.82 Å². The minimum absolute atomic E-state index is 0.117. The van der Waals surface area contributed by atoms with Crippen molar-refractivity contribution < 1.29 is 14.0 Å². The molecule has 0 unspecified atom stereocenters. The first-order chi connectivity index (χ1) is 13.1. The molecular formula is C20H22FN3O2S. The summed E-state index contributed by atoms with van der Waals surface area (Å²) in [7, 11) is 0. The van der Waals surface area contributed by atoms with E-state index < -0.39 is 5.82 Å². The van der Waals surface area contributed by atoms with Crippen molar-refractivity contribution in [1.29, 1.82) is 0 Å². The van der Waals surface area contributed by atoms with Gasteiger partial charge in [-0.1, -0.05) is 6.07 Å². The second kappa shape index (κ2) is 7.78. The molecule has 7 heteroatoms. The van der Waals surface area contributed by atoms with E-state index in [-0.39, 0.29) is 11.8 Å². The summed E-state index contributed by atoms with van der Waals surface area (Å²) in [6, 6.07) is 7.90. The standard InChI is InChI=1S/C20H22FN3O2S/c21-17-3-1-2-15(12-17)20(26)24-9-7-23(8-10-24)19(25)14-22-6-4-18-16(13-22)5-11-27-18/h1-3,5,11-12H,4,6-10,13-14H2. The Labute approximate surface area is 162 Å². The summed E-state index contributed by atoms with van der Waals surface area (Å²) in [4.78, 5) is 32.3. The molecule has 1 aromatic carbocycles. The largest absolute Gasteiger partial charge is 0.338 e. The van der Waals surface area contributed by atoms with Gasteiger partial charge in [-0.05, 0) is 41.6 Å². The van der Waals surface area contributed by atoms with Crippen LogP contribution in [0.3, 0.4) is 0 Å². The summed E-state index contributed by atoms with van der Waals surface area (Å²) in [5.41, 5.74) is 1.69. The van der Waals surface area contributed by atoms with E-state index in [4.69, 9.17) is 0 Å². The van der Waals surface area contributed by atoms with E-state index in [1.165, 1.54) is 22.6 Å². The lowest BCUT2D eigenvalue weighted by atomic mass is 10.1. The Morgan fingerprint density at radius 1 is 1.04 bits per heavy atom. The maximum atomic E-state index is 13.3. The average molecular weight is 387 g/mol. The molecule has 142 valence electrons. The summed E-state index contributed by atoms with van der Waals surface area (Å²) >= 11 is 1.79. The fourth-order valence-electron chi connectivity index (χ4n) is 3.70. The first-order valence-corrected chi connectivity index (χ1v) is 10.1. The van der Waals surface area contributed by atoms with Crippen LogP contribution in [-0.4, -0.2) is 65.8 Å². The van der Waals surface area contributed by atoms with Crippen LogP contribution in [0.25, 0.3) is 0 Å². The molecule has 2 aromatic rings. The number of rotatable bonds is 3. The molecule has 3 heterocycles. The maximum absolute atomic E-state index is 13.3. The lowest BCUT2D eigenvalue weighted by Crippen LogP contribution is -2.52. The van der Waals surface area contributed by atoms with Crippen molar-refractivity contribution in [2.75, 3.05) is 39.3 Å². The molecule has 1 fully saturated rings. The highest BCUT2D eigenvalue weighted by Gasteiger charge is 2.27. The second-order valence-corrected chi connectivity index (χ2v) is 8.01. The van der Waals surface area contributed by atoms with Gasteiger partial charge in [0.25, 0.3) is 5.91 Å². The Kier molecular flexibility index (Phi) is 5.22. The Bertz CT molecular complexity index is 845. The molecule has 4 rings (SSSR count). The number of halogens is 1. The molecule has 5 nitrogen and oxygen atoms in total. The van der Waals surface area contributed by atoms with Gasteiger partial charge >= 0.3 is 0 Å². The van der Waals surface area contributed by atoms with Crippen molar-refractivity contribution in [3.05, 3.63) is 57.5 Å². The zero-order valence-electron chi connectivity index (χ0n) is 15.1. The maximum Gasteiger partial charge on any atom is 0.254 e. The molecule has 0 N–H and O–H groups in total. The summed E-state index contributed by atoms with van der Waals surface area (Å²) in [5.74, 6) is -0.473. The van der Waals surface area contributed by atoms with E-state index in [2.05, 4.69) is 16.3 Å². The van der Waals surface area contributed by atoms with Gasteiger partial charge in [0.2, 0.25) is 5.91 Å². The Morgan fingerprint density at radius 3 is 2.59 bits per heavy atom. The molecule has 27 heavy (non-hydrogen) atoms. The third-order valence-corrected chi connectivity index (χ3v) is 6.26. The summed E-state index contributed by atoms with van der Waals surface area (Å²) in [6.45, 7) is 4.19. The van der Waals surface area contributed by atoms with E-state index in [0.717, 1.165) is 19.5 Å². The van der Waals surface area contributed by atoms with Crippen LogP contribution in [-0.2, 0) is 17.8 Å². The normalized spacial score (nSPS) is 17.7. The number of hydrogen-bond acceptors (Lipinski definition) is 4. The van der Waals surface area contributed by atoms with E-state index in [0.29, 0.717) is 38.3 Å². The van der Waals surface area contributed by atoms with Crippen molar-refractivity contribution in [1.82, 2.24) is 14.7 Å².